The molecule has 0 fully saturated rings. The van der Waals surface area contributed by atoms with Gasteiger partial charge in [-0.1, -0.05) is 18.2 Å². The first-order valence-corrected chi connectivity index (χ1v) is 7.20. The topological polar surface area (TPSA) is 53.1 Å². The summed E-state index contributed by atoms with van der Waals surface area (Å²) in [5, 5.41) is 0. The van der Waals surface area contributed by atoms with E-state index in [2.05, 4.69) is 33.9 Å². The van der Waals surface area contributed by atoms with Crippen molar-refractivity contribution in [3.63, 3.8) is 0 Å². The summed E-state index contributed by atoms with van der Waals surface area (Å²) in [6.07, 6.45) is 5.91. The second-order valence-corrected chi connectivity index (χ2v) is 5.62. The average molecular weight is 271 g/mol. The molecule has 1 aromatic heterocycles. The minimum Gasteiger partial charge on any atom is -0.493 e. The zero-order valence-corrected chi connectivity index (χ0v) is 11.8. The second kappa shape index (κ2) is 5.67. The highest BCUT2D eigenvalue weighted by atomic mass is 16.5. The van der Waals surface area contributed by atoms with Crippen LogP contribution >= 0.6 is 0 Å². The molecule has 1 aliphatic heterocycles. The number of fused-ring (bicyclic) bond motifs is 1. The highest BCUT2D eigenvalue weighted by Gasteiger charge is 2.21. The molecule has 0 saturated carbocycles. The minimum atomic E-state index is 0.155. The molecule has 2 heterocycles. The molecule has 0 radical (unpaired) electrons. The van der Waals surface area contributed by atoms with Gasteiger partial charge in [0.15, 0.2) is 0 Å². The van der Waals surface area contributed by atoms with Gasteiger partial charge in [0.1, 0.15) is 5.75 Å². The summed E-state index contributed by atoms with van der Waals surface area (Å²) in [7, 11) is 0. The number of hydrogen-bond acceptors (Lipinski definition) is 3. The fraction of sp³-hybridized carbons (Fsp3) is 0.438. The Morgan fingerprint density at radius 2 is 2.30 bits per heavy atom. The fourth-order valence-electron chi connectivity index (χ4n) is 2.80. The van der Waals surface area contributed by atoms with Gasteiger partial charge in [-0.2, -0.15) is 0 Å². The Bertz CT molecular complexity index is 577. The van der Waals surface area contributed by atoms with Gasteiger partial charge in [0.05, 0.1) is 18.6 Å². The van der Waals surface area contributed by atoms with Crippen LogP contribution < -0.4 is 10.5 Å². The summed E-state index contributed by atoms with van der Waals surface area (Å²) in [5.74, 6) is 1.52. The van der Waals surface area contributed by atoms with Crippen molar-refractivity contribution in [2.45, 2.75) is 38.3 Å². The summed E-state index contributed by atoms with van der Waals surface area (Å²) < 4.78 is 7.88. The van der Waals surface area contributed by atoms with Crippen LogP contribution in [0.4, 0.5) is 0 Å². The van der Waals surface area contributed by atoms with Crippen molar-refractivity contribution < 1.29 is 4.74 Å². The molecule has 4 heteroatoms. The van der Waals surface area contributed by atoms with Crippen molar-refractivity contribution >= 4 is 0 Å². The highest BCUT2D eigenvalue weighted by Crippen LogP contribution is 2.34. The lowest BCUT2D eigenvalue weighted by molar-refractivity contribution is 0.259. The third-order valence-corrected chi connectivity index (χ3v) is 3.73. The Kier molecular flexibility index (Phi) is 3.74. The molecule has 2 atom stereocenters. The van der Waals surface area contributed by atoms with Crippen LogP contribution in [0.3, 0.4) is 0 Å². The monoisotopic (exact) mass is 271 g/mol. The average Bonchev–Trinajstić information content (AvgIpc) is 2.86. The molecule has 1 aliphatic rings. The van der Waals surface area contributed by atoms with Crippen LogP contribution in [0.15, 0.2) is 36.8 Å². The summed E-state index contributed by atoms with van der Waals surface area (Å²) in [5.41, 5.74) is 8.19. The van der Waals surface area contributed by atoms with E-state index < -0.39 is 0 Å². The van der Waals surface area contributed by atoms with Crippen LogP contribution in [0.5, 0.6) is 5.75 Å². The maximum absolute atomic E-state index is 5.82. The number of aromatic nitrogens is 2. The molecular weight excluding hydrogens is 250 g/mol. The number of para-hydroxylation sites is 1. The van der Waals surface area contributed by atoms with Crippen molar-refractivity contribution in [1.82, 2.24) is 9.55 Å². The van der Waals surface area contributed by atoms with E-state index >= 15 is 0 Å². The molecule has 3 rings (SSSR count). The van der Waals surface area contributed by atoms with Crippen molar-refractivity contribution in [3.05, 3.63) is 48.0 Å². The van der Waals surface area contributed by atoms with Crippen LogP contribution in [0.2, 0.25) is 0 Å². The van der Waals surface area contributed by atoms with Crippen LogP contribution in [0.25, 0.3) is 0 Å². The molecule has 20 heavy (non-hydrogen) atoms. The van der Waals surface area contributed by atoms with Crippen LogP contribution in [0, 0.1) is 0 Å². The Labute approximate surface area is 119 Å². The van der Waals surface area contributed by atoms with E-state index in [9.17, 15) is 0 Å². The SMILES string of the molecule is CC(N)Cc1cn(CC2CCOc3ccccc32)cn1. The maximum Gasteiger partial charge on any atom is 0.122 e. The molecule has 2 N–H and O–H groups in total. The molecule has 1 aromatic carbocycles. The molecule has 0 aliphatic carbocycles. The first kappa shape index (κ1) is 13.2. The Balaban J connectivity index is 1.74. The Morgan fingerprint density at radius 1 is 1.45 bits per heavy atom. The van der Waals surface area contributed by atoms with Gasteiger partial charge in [-0.05, 0) is 25.0 Å². The molecule has 2 aromatic rings. The van der Waals surface area contributed by atoms with Gasteiger partial charge in [-0.15, -0.1) is 0 Å². The van der Waals surface area contributed by atoms with E-state index in [1.54, 1.807) is 0 Å². The fourth-order valence-corrected chi connectivity index (χ4v) is 2.80. The molecule has 0 saturated heterocycles. The largest absolute Gasteiger partial charge is 0.493 e. The summed E-state index contributed by atoms with van der Waals surface area (Å²) in [4.78, 5) is 4.43. The first-order chi connectivity index (χ1) is 9.72. The van der Waals surface area contributed by atoms with Gasteiger partial charge in [-0.3, -0.25) is 0 Å². The van der Waals surface area contributed by atoms with Gasteiger partial charge < -0.3 is 15.0 Å². The zero-order chi connectivity index (χ0) is 13.9. The third-order valence-electron chi connectivity index (χ3n) is 3.73. The minimum absolute atomic E-state index is 0.155. The molecule has 4 nitrogen and oxygen atoms in total. The quantitative estimate of drug-likeness (QED) is 0.928. The lowest BCUT2D eigenvalue weighted by atomic mass is 9.93. The molecule has 0 amide bonds. The second-order valence-electron chi connectivity index (χ2n) is 5.62. The normalized spacial score (nSPS) is 19.2. The predicted molar refractivity (Wildman–Crippen MR) is 78.9 cm³/mol. The van der Waals surface area contributed by atoms with Crippen LogP contribution in [0.1, 0.15) is 30.5 Å². The number of nitrogens with zero attached hydrogens (tertiary/aromatic N) is 2. The van der Waals surface area contributed by atoms with E-state index in [0.29, 0.717) is 5.92 Å². The lowest BCUT2D eigenvalue weighted by Crippen LogP contribution is -2.18. The summed E-state index contributed by atoms with van der Waals surface area (Å²) in [6, 6.07) is 8.48. The summed E-state index contributed by atoms with van der Waals surface area (Å²) in [6.45, 7) is 3.75. The number of benzene rings is 1. The van der Waals surface area contributed by atoms with E-state index in [-0.39, 0.29) is 6.04 Å². The standard InChI is InChI=1S/C16H21N3O/c1-12(17)8-14-10-19(11-18-14)9-13-6-7-20-16-5-3-2-4-15(13)16/h2-5,10-13H,6-9,17H2,1H3. The molecule has 0 spiro atoms. The van der Waals surface area contributed by atoms with Crippen LogP contribution in [-0.4, -0.2) is 22.2 Å². The predicted octanol–water partition coefficient (Wildman–Crippen LogP) is 2.34. The molecule has 106 valence electrons. The van der Waals surface area contributed by atoms with E-state index in [4.69, 9.17) is 10.5 Å². The number of imidazole rings is 1. The zero-order valence-electron chi connectivity index (χ0n) is 11.8. The highest BCUT2D eigenvalue weighted by molar-refractivity contribution is 5.37. The number of rotatable bonds is 4. The molecule has 2 unspecified atom stereocenters. The van der Waals surface area contributed by atoms with Crippen LogP contribution in [-0.2, 0) is 13.0 Å². The van der Waals surface area contributed by atoms with Crippen molar-refractivity contribution in [2.75, 3.05) is 6.61 Å². The van der Waals surface area contributed by atoms with Gasteiger partial charge in [0.25, 0.3) is 0 Å². The van der Waals surface area contributed by atoms with Gasteiger partial charge in [-0.25, -0.2) is 4.98 Å². The van der Waals surface area contributed by atoms with Gasteiger partial charge in [0, 0.05) is 31.1 Å². The Hall–Kier alpha value is -1.81. The lowest BCUT2D eigenvalue weighted by Gasteiger charge is -2.26. The summed E-state index contributed by atoms with van der Waals surface area (Å²) >= 11 is 0. The van der Waals surface area contributed by atoms with Gasteiger partial charge in [0.2, 0.25) is 0 Å². The molecule has 0 bridgehead atoms. The number of nitrogens with two attached hydrogens (primary N) is 1. The smallest absolute Gasteiger partial charge is 0.122 e. The van der Waals surface area contributed by atoms with E-state index in [1.807, 2.05) is 19.3 Å². The van der Waals surface area contributed by atoms with Crippen molar-refractivity contribution in [1.29, 1.82) is 0 Å². The first-order valence-electron chi connectivity index (χ1n) is 7.20. The van der Waals surface area contributed by atoms with Crippen molar-refractivity contribution in [3.8, 4) is 5.75 Å². The van der Waals surface area contributed by atoms with E-state index in [0.717, 1.165) is 37.4 Å². The number of ether oxygens (including phenoxy) is 1. The maximum atomic E-state index is 5.82. The van der Waals surface area contributed by atoms with E-state index in [1.165, 1.54) is 5.56 Å². The third kappa shape index (κ3) is 2.85. The van der Waals surface area contributed by atoms with Crippen molar-refractivity contribution in [2.24, 2.45) is 5.73 Å². The van der Waals surface area contributed by atoms with Gasteiger partial charge >= 0.3 is 0 Å². The number of hydrogen-bond donors (Lipinski definition) is 1. The Morgan fingerprint density at radius 3 is 3.15 bits per heavy atom. The molecular formula is C16H21N3O.